The fourth-order valence-electron chi connectivity index (χ4n) is 1.25. The van der Waals surface area contributed by atoms with E-state index in [9.17, 15) is 0 Å². The maximum Gasteiger partial charge on any atom is 0.129 e. The van der Waals surface area contributed by atoms with Crippen molar-refractivity contribution in [3.05, 3.63) is 23.5 Å². The van der Waals surface area contributed by atoms with Crippen LogP contribution in [0.5, 0.6) is 0 Å². The van der Waals surface area contributed by atoms with E-state index < -0.39 is 0 Å². The molecule has 0 saturated heterocycles. The Morgan fingerprint density at radius 3 is 2.85 bits per heavy atom. The van der Waals surface area contributed by atoms with E-state index in [4.69, 9.17) is 11.6 Å². The van der Waals surface area contributed by atoms with Gasteiger partial charge in [-0.25, -0.2) is 4.98 Å². The third kappa shape index (κ3) is 3.64. The van der Waals surface area contributed by atoms with Gasteiger partial charge in [0.05, 0.1) is 11.9 Å². The van der Waals surface area contributed by atoms with Crippen LogP contribution in [0.3, 0.4) is 0 Å². The summed E-state index contributed by atoms with van der Waals surface area (Å²) in [4.78, 5) is 4.00. The van der Waals surface area contributed by atoms with Crippen LogP contribution in [-0.2, 0) is 0 Å². The quantitative estimate of drug-likeness (QED) is 0.751. The van der Waals surface area contributed by atoms with Crippen LogP contribution in [0.1, 0.15) is 26.7 Å². The van der Waals surface area contributed by atoms with Crippen LogP contribution >= 0.6 is 11.6 Å². The van der Waals surface area contributed by atoms with Crippen molar-refractivity contribution in [1.29, 1.82) is 0 Å². The molecule has 0 bridgehead atoms. The molecule has 0 radical (unpaired) electrons. The van der Waals surface area contributed by atoms with Crippen LogP contribution in [0.15, 0.2) is 18.3 Å². The zero-order valence-corrected chi connectivity index (χ0v) is 8.80. The fraction of sp³-hybridized carbons (Fsp3) is 0.500. The predicted octanol–water partition coefficient (Wildman–Crippen LogP) is 3.34. The second-order valence-electron chi connectivity index (χ2n) is 3.20. The minimum Gasteiger partial charge on any atom is -0.381 e. The van der Waals surface area contributed by atoms with Gasteiger partial charge in [0.25, 0.3) is 0 Å². The van der Waals surface area contributed by atoms with E-state index in [0.29, 0.717) is 11.2 Å². The van der Waals surface area contributed by atoms with Gasteiger partial charge in [0, 0.05) is 6.04 Å². The third-order valence-electron chi connectivity index (χ3n) is 1.86. The highest BCUT2D eigenvalue weighted by Gasteiger charge is 1.99. The topological polar surface area (TPSA) is 24.9 Å². The van der Waals surface area contributed by atoms with E-state index in [-0.39, 0.29) is 0 Å². The summed E-state index contributed by atoms with van der Waals surface area (Å²) in [6.07, 6.45) is 4.12. The van der Waals surface area contributed by atoms with Crippen molar-refractivity contribution in [2.75, 3.05) is 5.32 Å². The molecule has 0 aliphatic carbocycles. The van der Waals surface area contributed by atoms with Gasteiger partial charge in [0.15, 0.2) is 0 Å². The normalized spacial score (nSPS) is 12.5. The SMILES string of the molecule is CCCC(C)Nc1ccc(Cl)nc1. The lowest BCUT2D eigenvalue weighted by Crippen LogP contribution is -2.14. The molecule has 0 aliphatic heterocycles. The summed E-state index contributed by atoms with van der Waals surface area (Å²) < 4.78 is 0. The van der Waals surface area contributed by atoms with Gasteiger partial charge < -0.3 is 5.32 Å². The Balaban J connectivity index is 2.49. The van der Waals surface area contributed by atoms with Gasteiger partial charge in [-0.15, -0.1) is 0 Å². The molecule has 1 heterocycles. The largest absolute Gasteiger partial charge is 0.381 e. The molecule has 0 amide bonds. The number of nitrogens with one attached hydrogen (secondary N) is 1. The van der Waals surface area contributed by atoms with E-state index >= 15 is 0 Å². The summed E-state index contributed by atoms with van der Waals surface area (Å²) in [7, 11) is 0. The standard InChI is InChI=1S/C10H15ClN2/c1-3-4-8(2)13-9-5-6-10(11)12-7-9/h5-8,13H,3-4H2,1-2H3. The molecule has 2 nitrogen and oxygen atoms in total. The second kappa shape index (κ2) is 5.07. The molecular weight excluding hydrogens is 184 g/mol. The number of halogens is 1. The van der Waals surface area contributed by atoms with Gasteiger partial charge in [0.1, 0.15) is 5.15 Å². The number of nitrogens with zero attached hydrogens (tertiary/aromatic N) is 1. The van der Waals surface area contributed by atoms with Crippen molar-refractivity contribution in [3.63, 3.8) is 0 Å². The molecule has 0 aromatic carbocycles. The van der Waals surface area contributed by atoms with Gasteiger partial charge in [-0.05, 0) is 25.5 Å². The lowest BCUT2D eigenvalue weighted by molar-refractivity contribution is 0.690. The molecule has 1 aromatic heterocycles. The first-order valence-corrected chi connectivity index (χ1v) is 4.98. The minimum absolute atomic E-state index is 0.493. The molecule has 0 spiro atoms. The highest BCUT2D eigenvalue weighted by Crippen LogP contribution is 2.12. The maximum atomic E-state index is 5.67. The van der Waals surface area contributed by atoms with E-state index in [1.807, 2.05) is 6.07 Å². The molecular formula is C10H15ClN2. The van der Waals surface area contributed by atoms with Crippen molar-refractivity contribution in [2.45, 2.75) is 32.7 Å². The molecule has 1 N–H and O–H groups in total. The number of rotatable bonds is 4. The maximum absolute atomic E-state index is 5.67. The Kier molecular flexibility index (Phi) is 4.03. The first-order chi connectivity index (χ1) is 6.22. The van der Waals surface area contributed by atoms with E-state index in [2.05, 4.69) is 24.1 Å². The van der Waals surface area contributed by atoms with Crippen LogP contribution in [-0.4, -0.2) is 11.0 Å². The van der Waals surface area contributed by atoms with E-state index in [0.717, 1.165) is 5.69 Å². The molecule has 0 fully saturated rings. The summed E-state index contributed by atoms with van der Waals surface area (Å²) in [6.45, 7) is 4.34. The molecule has 1 atom stereocenters. The molecule has 1 unspecified atom stereocenters. The molecule has 13 heavy (non-hydrogen) atoms. The Morgan fingerprint density at radius 1 is 1.54 bits per heavy atom. The Morgan fingerprint density at radius 2 is 2.31 bits per heavy atom. The zero-order chi connectivity index (χ0) is 9.68. The van der Waals surface area contributed by atoms with Crippen molar-refractivity contribution < 1.29 is 0 Å². The molecule has 72 valence electrons. The molecule has 1 aromatic rings. The zero-order valence-electron chi connectivity index (χ0n) is 8.05. The van der Waals surface area contributed by atoms with Crippen molar-refractivity contribution >= 4 is 17.3 Å². The number of pyridine rings is 1. The smallest absolute Gasteiger partial charge is 0.129 e. The Bertz CT molecular complexity index is 246. The van der Waals surface area contributed by atoms with Gasteiger partial charge in [0.2, 0.25) is 0 Å². The number of anilines is 1. The van der Waals surface area contributed by atoms with Crippen molar-refractivity contribution in [3.8, 4) is 0 Å². The molecule has 0 saturated carbocycles. The molecule has 0 aliphatic rings. The molecule has 1 rings (SSSR count). The summed E-state index contributed by atoms with van der Waals surface area (Å²) in [5.74, 6) is 0. The summed E-state index contributed by atoms with van der Waals surface area (Å²) in [5, 5.41) is 3.88. The van der Waals surface area contributed by atoms with E-state index in [1.165, 1.54) is 12.8 Å². The summed E-state index contributed by atoms with van der Waals surface area (Å²) >= 11 is 5.67. The van der Waals surface area contributed by atoms with Crippen LogP contribution in [0.4, 0.5) is 5.69 Å². The van der Waals surface area contributed by atoms with E-state index in [1.54, 1.807) is 12.3 Å². The van der Waals surface area contributed by atoms with Crippen LogP contribution in [0, 0.1) is 0 Å². The minimum atomic E-state index is 0.493. The van der Waals surface area contributed by atoms with Gasteiger partial charge >= 0.3 is 0 Å². The third-order valence-corrected chi connectivity index (χ3v) is 2.09. The summed E-state index contributed by atoms with van der Waals surface area (Å²) in [5.41, 5.74) is 1.03. The highest BCUT2D eigenvalue weighted by molar-refractivity contribution is 6.29. The van der Waals surface area contributed by atoms with Crippen LogP contribution < -0.4 is 5.32 Å². The van der Waals surface area contributed by atoms with Crippen molar-refractivity contribution in [1.82, 2.24) is 4.98 Å². The second-order valence-corrected chi connectivity index (χ2v) is 3.59. The van der Waals surface area contributed by atoms with Gasteiger partial charge in [-0.1, -0.05) is 24.9 Å². The number of aromatic nitrogens is 1. The van der Waals surface area contributed by atoms with Crippen LogP contribution in [0.25, 0.3) is 0 Å². The highest BCUT2D eigenvalue weighted by atomic mass is 35.5. The average molecular weight is 199 g/mol. The Hall–Kier alpha value is -0.760. The fourth-order valence-corrected chi connectivity index (χ4v) is 1.36. The lowest BCUT2D eigenvalue weighted by atomic mass is 10.2. The summed E-state index contributed by atoms with van der Waals surface area (Å²) in [6, 6.07) is 4.23. The molecule has 3 heteroatoms. The number of hydrogen-bond donors (Lipinski definition) is 1. The predicted molar refractivity (Wildman–Crippen MR) is 57.2 cm³/mol. The average Bonchev–Trinajstić information content (AvgIpc) is 2.09. The first kappa shape index (κ1) is 10.3. The van der Waals surface area contributed by atoms with Crippen molar-refractivity contribution in [2.24, 2.45) is 0 Å². The van der Waals surface area contributed by atoms with Gasteiger partial charge in [-0.2, -0.15) is 0 Å². The van der Waals surface area contributed by atoms with Gasteiger partial charge in [-0.3, -0.25) is 0 Å². The van der Waals surface area contributed by atoms with Crippen LogP contribution in [0.2, 0.25) is 5.15 Å². The monoisotopic (exact) mass is 198 g/mol. The lowest BCUT2D eigenvalue weighted by Gasteiger charge is -2.13. The number of hydrogen-bond acceptors (Lipinski definition) is 2. The first-order valence-electron chi connectivity index (χ1n) is 4.60. The Labute approximate surface area is 84.3 Å².